The SMILES string of the molecule is COC1(c2nc(Cl)c(Br)c(C(C)C)n2)CCC(C)CC1. The molecule has 0 atom stereocenters. The van der Waals surface area contributed by atoms with Crippen molar-refractivity contribution in [1.29, 1.82) is 0 Å². The van der Waals surface area contributed by atoms with Gasteiger partial charge in [-0.25, -0.2) is 9.97 Å². The van der Waals surface area contributed by atoms with Gasteiger partial charge in [0.05, 0.1) is 10.2 Å². The summed E-state index contributed by atoms with van der Waals surface area (Å²) in [4.78, 5) is 9.25. The van der Waals surface area contributed by atoms with Gasteiger partial charge in [-0.15, -0.1) is 0 Å². The zero-order valence-electron chi connectivity index (χ0n) is 12.5. The van der Waals surface area contributed by atoms with E-state index >= 15 is 0 Å². The molecule has 1 aromatic rings. The van der Waals surface area contributed by atoms with E-state index in [1.807, 2.05) is 0 Å². The van der Waals surface area contributed by atoms with Gasteiger partial charge in [-0.3, -0.25) is 0 Å². The van der Waals surface area contributed by atoms with Crippen molar-refractivity contribution < 1.29 is 4.74 Å². The Morgan fingerprint density at radius 1 is 1.30 bits per heavy atom. The summed E-state index contributed by atoms with van der Waals surface area (Å²) in [7, 11) is 1.75. The summed E-state index contributed by atoms with van der Waals surface area (Å²) in [6, 6.07) is 0. The lowest BCUT2D eigenvalue weighted by Gasteiger charge is -2.37. The van der Waals surface area contributed by atoms with Crippen molar-refractivity contribution in [1.82, 2.24) is 9.97 Å². The first kappa shape index (κ1) is 16.2. The van der Waals surface area contributed by atoms with Gasteiger partial charge in [-0.05, 0) is 53.4 Å². The second-order valence-corrected chi connectivity index (χ2v) is 7.22. The van der Waals surface area contributed by atoms with E-state index in [9.17, 15) is 0 Å². The third-order valence-corrected chi connectivity index (χ3v) is 5.55. The molecule has 0 unspecified atom stereocenters. The van der Waals surface area contributed by atoms with Gasteiger partial charge in [0.15, 0.2) is 5.82 Å². The molecule has 1 heterocycles. The van der Waals surface area contributed by atoms with Crippen LogP contribution in [0.25, 0.3) is 0 Å². The highest BCUT2D eigenvalue weighted by atomic mass is 79.9. The predicted molar refractivity (Wildman–Crippen MR) is 85.2 cm³/mol. The van der Waals surface area contributed by atoms with E-state index in [1.165, 1.54) is 0 Å². The molecular formula is C15H22BrClN2O. The molecule has 20 heavy (non-hydrogen) atoms. The van der Waals surface area contributed by atoms with Gasteiger partial charge in [0.25, 0.3) is 0 Å². The number of hydrogen-bond acceptors (Lipinski definition) is 3. The molecule has 0 bridgehead atoms. The van der Waals surface area contributed by atoms with Crippen molar-refractivity contribution in [3.05, 3.63) is 21.1 Å². The van der Waals surface area contributed by atoms with Crippen molar-refractivity contribution in [3.8, 4) is 0 Å². The quantitative estimate of drug-likeness (QED) is 0.705. The normalized spacial score (nSPS) is 27.1. The highest BCUT2D eigenvalue weighted by Crippen LogP contribution is 2.42. The molecule has 5 heteroatoms. The molecule has 1 aliphatic carbocycles. The van der Waals surface area contributed by atoms with Crippen LogP contribution in [0.4, 0.5) is 0 Å². The topological polar surface area (TPSA) is 35.0 Å². The maximum Gasteiger partial charge on any atom is 0.162 e. The minimum atomic E-state index is -0.375. The fraction of sp³-hybridized carbons (Fsp3) is 0.733. The third kappa shape index (κ3) is 3.02. The fourth-order valence-corrected chi connectivity index (χ4v) is 3.58. The molecule has 112 valence electrons. The molecule has 1 fully saturated rings. The lowest BCUT2D eigenvalue weighted by atomic mass is 9.79. The average molecular weight is 362 g/mol. The summed E-state index contributed by atoms with van der Waals surface area (Å²) in [5.41, 5.74) is 0.579. The van der Waals surface area contributed by atoms with Crippen LogP contribution < -0.4 is 0 Å². The monoisotopic (exact) mass is 360 g/mol. The Balaban J connectivity index is 2.45. The van der Waals surface area contributed by atoms with Gasteiger partial charge < -0.3 is 4.74 Å². The van der Waals surface area contributed by atoms with Gasteiger partial charge in [-0.1, -0.05) is 32.4 Å². The largest absolute Gasteiger partial charge is 0.370 e. The van der Waals surface area contributed by atoms with Gasteiger partial charge >= 0.3 is 0 Å². The Labute approximate surface area is 134 Å². The maximum atomic E-state index is 6.28. The molecule has 2 rings (SSSR count). The molecule has 1 aromatic heterocycles. The first-order valence-electron chi connectivity index (χ1n) is 7.18. The Morgan fingerprint density at radius 2 is 1.90 bits per heavy atom. The Kier molecular flexibility index (Phi) is 5.09. The number of rotatable bonds is 3. The number of ether oxygens (including phenoxy) is 1. The van der Waals surface area contributed by atoms with Crippen LogP contribution in [0.15, 0.2) is 4.47 Å². The smallest absolute Gasteiger partial charge is 0.162 e. The second kappa shape index (κ2) is 6.29. The van der Waals surface area contributed by atoms with E-state index in [-0.39, 0.29) is 5.60 Å². The molecular weight excluding hydrogens is 340 g/mol. The maximum absolute atomic E-state index is 6.28. The number of hydrogen-bond donors (Lipinski definition) is 0. The van der Waals surface area contributed by atoms with Gasteiger partial charge in [0, 0.05) is 7.11 Å². The molecule has 0 spiro atoms. The fourth-order valence-electron chi connectivity index (χ4n) is 2.77. The predicted octanol–water partition coefficient (Wildman–Crippen LogP) is 5.07. The van der Waals surface area contributed by atoms with E-state index < -0.39 is 0 Å². The molecule has 0 saturated heterocycles. The Bertz CT molecular complexity index is 485. The van der Waals surface area contributed by atoms with Gasteiger partial charge in [-0.2, -0.15) is 0 Å². The van der Waals surface area contributed by atoms with Crippen LogP contribution in [-0.2, 0) is 10.3 Å². The number of nitrogens with zero attached hydrogens (tertiary/aromatic N) is 2. The Hall–Kier alpha value is -0.190. The van der Waals surface area contributed by atoms with Crippen molar-refractivity contribution in [3.63, 3.8) is 0 Å². The molecule has 0 aliphatic heterocycles. The minimum absolute atomic E-state index is 0.292. The van der Waals surface area contributed by atoms with E-state index in [2.05, 4.69) is 41.7 Å². The molecule has 0 aromatic carbocycles. The molecule has 3 nitrogen and oxygen atoms in total. The van der Waals surface area contributed by atoms with E-state index in [0.29, 0.717) is 11.1 Å². The second-order valence-electron chi connectivity index (χ2n) is 6.07. The molecule has 0 N–H and O–H groups in total. The molecule has 0 amide bonds. The molecule has 1 aliphatic rings. The molecule has 0 radical (unpaired) electrons. The minimum Gasteiger partial charge on any atom is -0.370 e. The van der Waals surface area contributed by atoms with Crippen LogP contribution in [0.5, 0.6) is 0 Å². The van der Waals surface area contributed by atoms with Crippen LogP contribution in [0.2, 0.25) is 5.15 Å². The highest BCUT2D eigenvalue weighted by Gasteiger charge is 2.39. The number of methoxy groups -OCH3 is 1. The van der Waals surface area contributed by atoms with Crippen LogP contribution >= 0.6 is 27.5 Å². The van der Waals surface area contributed by atoms with Gasteiger partial charge in [0.1, 0.15) is 10.8 Å². The van der Waals surface area contributed by atoms with Crippen molar-refractivity contribution in [2.24, 2.45) is 5.92 Å². The summed E-state index contributed by atoms with van der Waals surface area (Å²) in [5.74, 6) is 1.78. The van der Waals surface area contributed by atoms with Crippen molar-refractivity contribution in [2.45, 2.75) is 58.0 Å². The standard InChI is InChI=1S/C15H22BrClN2O/c1-9(2)12-11(16)13(17)19-14(18-12)15(20-4)7-5-10(3)6-8-15/h9-10H,5-8H2,1-4H3. The van der Waals surface area contributed by atoms with Crippen LogP contribution in [0.1, 0.15) is 63.9 Å². The first-order chi connectivity index (χ1) is 9.39. The van der Waals surface area contributed by atoms with E-state index in [0.717, 1.165) is 47.6 Å². The van der Waals surface area contributed by atoms with E-state index in [4.69, 9.17) is 21.3 Å². The van der Waals surface area contributed by atoms with Crippen molar-refractivity contribution in [2.75, 3.05) is 7.11 Å². The Morgan fingerprint density at radius 3 is 2.40 bits per heavy atom. The number of aromatic nitrogens is 2. The van der Waals surface area contributed by atoms with Gasteiger partial charge in [0.2, 0.25) is 0 Å². The van der Waals surface area contributed by atoms with Crippen LogP contribution in [0.3, 0.4) is 0 Å². The third-order valence-electron chi connectivity index (χ3n) is 4.26. The summed E-state index contributed by atoms with van der Waals surface area (Å²) in [6.45, 7) is 6.50. The lowest BCUT2D eigenvalue weighted by Crippen LogP contribution is -2.35. The van der Waals surface area contributed by atoms with Crippen LogP contribution in [0, 0.1) is 5.92 Å². The van der Waals surface area contributed by atoms with Crippen molar-refractivity contribution >= 4 is 27.5 Å². The summed E-state index contributed by atoms with van der Waals surface area (Å²) < 4.78 is 6.64. The summed E-state index contributed by atoms with van der Waals surface area (Å²) in [5, 5.41) is 0.480. The molecule has 1 saturated carbocycles. The summed E-state index contributed by atoms with van der Waals surface area (Å²) >= 11 is 9.77. The number of halogens is 2. The zero-order valence-corrected chi connectivity index (χ0v) is 14.9. The van der Waals surface area contributed by atoms with Crippen LogP contribution in [-0.4, -0.2) is 17.1 Å². The lowest BCUT2D eigenvalue weighted by molar-refractivity contribution is -0.0599. The first-order valence-corrected chi connectivity index (χ1v) is 8.35. The summed E-state index contributed by atoms with van der Waals surface area (Å²) in [6.07, 6.45) is 4.20. The zero-order chi connectivity index (χ0) is 14.9. The van der Waals surface area contributed by atoms with E-state index in [1.54, 1.807) is 7.11 Å². The average Bonchev–Trinajstić information content (AvgIpc) is 2.42. The highest BCUT2D eigenvalue weighted by molar-refractivity contribution is 9.10.